The van der Waals surface area contributed by atoms with Crippen LogP contribution in [-0.2, 0) is 10.0 Å². The number of aryl methyl sites for hydroxylation is 1. The highest BCUT2D eigenvalue weighted by atomic mass is 35.5. The van der Waals surface area contributed by atoms with E-state index in [4.69, 9.17) is 11.6 Å². The predicted octanol–water partition coefficient (Wildman–Crippen LogP) is 4.23. The summed E-state index contributed by atoms with van der Waals surface area (Å²) in [6.07, 6.45) is 0.744. The van der Waals surface area contributed by atoms with Crippen molar-refractivity contribution in [3.05, 3.63) is 58.6 Å². The number of amides is 1. The van der Waals surface area contributed by atoms with Crippen LogP contribution in [0.1, 0.15) is 36.2 Å². The summed E-state index contributed by atoms with van der Waals surface area (Å²) in [6.45, 7) is 6.26. The van der Waals surface area contributed by atoms with Crippen molar-refractivity contribution in [1.82, 2.24) is 4.72 Å². The Kier molecular flexibility index (Phi) is 6.81. The van der Waals surface area contributed by atoms with Crippen molar-refractivity contribution >= 4 is 33.2 Å². The molecular formula is C19H23ClN2O3S. The van der Waals surface area contributed by atoms with Gasteiger partial charge in [-0.25, -0.2) is 13.1 Å². The Labute approximate surface area is 159 Å². The number of carbonyl (C=O) groups is 1. The van der Waals surface area contributed by atoms with Crippen molar-refractivity contribution < 1.29 is 13.2 Å². The molecule has 2 rings (SSSR count). The van der Waals surface area contributed by atoms with E-state index in [-0.39, 0.29) is 10.5 Å². The Morgan fingerprint density at radius 1 is 1.15 bits per heavy atom. The van der Waals surface area contributed by atoms with Crippen LogP contribution in [0.2, 0.25) is 5.02 Å². The van der Waals surface area contributed by atoms with Gasteiger partial charge in [0.05, 0.1) is 4.90 Å². The smallest absolute Gasteiger partial charge is 0.255 e. The standard InChI is InChI=1S/C19H23ClN2O3S/c1-13(2)9-10-21-26(24,25)17-6-4-5-15(11-17)19(23)22-18-12-16(20)8-7-14(18)3/h4-8,11-13,21H,9-10H2,1-3H3,(H,22,23). The first-order valence-corrected chi connectivity index (χ1v) is 10.2. The highest BCUT2D eigenvalue weighted by Crippen LogP contribution is 2.21. The summed E-state index contributed by atoms with van der Waals surface area (Å²) in [7, 11) is -3.65. The minimum absolute atomic E-state index is 0.0664. The van der Waals surface area contributed by atoms with Gasteiger partial charge in [-0.15, -0.1) is 0 Å². The Balaban J connectivity index is 2.17. The fourth-order valence-electron chi connectivity index (χ4n) is 2.29. The molecule has 0 atom stereocenters. The number of hydrogen-bond acceptors (Lipinski definition) is 3. The maximum absolute atomic E-state index is 12.5. The molecule has 0 saturated carbocycles. The van der Waals surface area contributed by atoms with Crippen molar-refractivity contribution in [2.45, 2.75) is 32.1 Å². The van der Waals surface area contributed by atoms with Crippen LogP contribution >= 0.6 is 11.6 Å². The van der Waals surface area contributed by atoms with E-state index >= 15 is 0 Å². The van der Waals surface area contributed by atoms with Gasteiger partial charge >= 0.3 is 0 Å². The number of rotatable bonds is 7. The van der Waals surface area contributed by atoms with Gasteiger partial charge in [-0.05, 0) is 55.2 Å². The van der Waals surface area contributed by atoms with Gasteiger partial charge in [0.25, 0.3) is 5.91 Å². The first kappa shape index (κ1) is 20.4. The zero-order valence-electron chi connectivity index (χ0n) is 15.0. The number of halogens is 1. The third kappa shape index (κ3) is 5.56. The quantitative estimate of drug-likeness (QED) is 0.738. The predicted molar refractivity (Wildman–Crippen MR) is 105 cm³/mol. The summed E-state index contributed by atoms with van der Waals surface area (Å²) in [4.78, 5) is 12.6. The summed E-state index contributed by atoms with van der Waals surface area (Å²) >= 11 is 5.96. The van der Waals surface area contributed by atoms with Gasteiger partial charge in [-0.2, -0.15) is 0 Å². The number of carbonyl (C=O) groups excluding carboxylic acids is 1. The molecule has 0 bridgehead atoms. The normalized spacial score (nSPS) is 11.6. The molecule has 5 nitrogen and oxygen atoms in total. The third-order valence-electron chi connectivity index (χ3n) is 3.87. The topological polar surface area (TPSA) is 75.3 Å². The van der Waals surface area contributed by atoms with Gasteiger partial charge in [-0.1, -0.05) is 37.6 Å². The van der Waals surface area contributed by atoms with Crippen LogP contribution in [0, 0.1) is 12.8 Å². The molecule has 0 aromatic heterocycles. The van der Waals surface area contributed by atoms with Crippen LogP contribution in [0.25, 0.3) is 0 Å². The second kappa shape index (κ2) is 8.66. The van der Waals surface area contributed by atoms with Crippen LogP contribution < -0.4 is 10.0 Å². The number of anilines is 1. The van der Waals surface area contributed by atoms with Gasteiger partial charge in [0.1, 0.15) is 0 Å². The zero-order chi connectivity index (χ0) is 19.3. The lowest BCUT2D eigenvalue weighted by Gasteiger charge is -2.11. The number of sulfonamides is 1. The average molecular weight is 395 g/mol. The van der Waals surface area contributed by atoms with Crippen molar-refractivity contribution in [2.75, 3.05) is 11.9 Å². The van der Waals surface area contributed by atoms with Gasteiger partial charge in [0.2, 0.25) is 10.0 Å². The molecule has 0 aliphatic heterocycles. The molecule has 0 aliphatic carbocycles. The molecule has 2 aromatic carbocycles. The summed E-state index contributed by atoms with van der Waals surface area (Å²) < 4.78 is 27.3. The summed E-state index contributed by atoms with van der Waals surface area (Å²) in [6, 6.07) is 11.2. The highest BCUT2D eigenvalue weighted by Gasteiger charge is 2.16. The molecule has 0 saturated heterocycles. The lowest BCUT2D eigenvalue weighted by atomic mass is 10.1. The van der Waals surface area contributed by atoms with Crippen molar-refractivity contribution in [3.8, 4) is 0 Å². The molecular weight excluding hydrogens is 372 g/mol. The molecule has 0 radical (unpaired) electrons. The van der Waals surface area contributed by atoms with E-state index in [0.29, 0.717) is 23.2 Å². The number of hydrogen-bond donors (Lipinski definition) is 2. The van der Waals surface area contributed by atoms with E-state index in [1.54, 1.807) is 30.3 Å². The molecule has 0 heterocycles. The number of benzene rings is 2. The number of nitrogens with one attached hydrogen (secondary N) is 2. The van der Waals surface area contributed by atoms with Crippen LogP contribution in [0.5, 0.6) is 0 Å². The fourth-order valence-corrected chi connectivity index (χ4v) is 3.56. The molecule has 2 N–H and O–H groups in total. The summed E-state index contributed by atoms with van der Waals surface area (Å²) in [5, 5.41) is 3.28. The Hall–Kier alpha value is -1.89. The minimum atomic E-state index is -3.65. The van der Waals surface area contributed by atoms with Gasteiger partial charge < -0.3 is 5.32 Å². The Morgan fingerprint density at radius 3 is 2.58 bits per heavy atom. The largest absolute Gasteiger partial charge is 0.322 e. The zero-order valence-corrected chi connectivity index (χ0v) is 16.6. The van der Waals surface area contributed by atoms with Crippen LogP contribution in [0.4, 0.5) is 5.69 Å². The third-order valence-corrected chi connectivity index (χ3v) is 5.56. The first-order chi connectivity index (χ1) is 12.2. The van der Waals surface area contributed by atoms with Crippen molar-refractivity contribution in [2.24, 2.45) is 5.92 Å². The van der Waals surface area contributed by atoms with E-state index in [1.165, 1.54) is 12.1 Å². The van der Waals surface area contributed by atoms with Gasteiger partial charge in [0.15, 0.2) is 0 Å². The minimum Gasteiger partial charge on any atom is -0.322 e. The second-order valence-electron chi connectivity index (χ2n) is 6.52. The monoisotopic (exact) mass is 394 g/mol. The van der Waals surface area contributed by atoms with E-state index in [2.05, 4.69) is 10.0 Å². The van der Waals surface area contributed by atoms with Gasteiger partial charge in [-0.3, -0.25) is 4.79 Å². The molecule has 7 heteroatoms. The first-order valence-electron chi connectivity index (χ1n) is 8.36. The van der Waals surface area contributed by atoms with Crippen LogP contribution in [0.3, 0.4) is 0 Å². The van der Waals surface area contributed by atoms with E-state index in [1.807, 2.05) is 20.8 Å². The fraction of sp³-hybridized carbons (Fsp3) is 0.316. The molecule has 2 aromatic rings. The van der Waals surface area contributed by atoms with E-state index < -0.39 is 15.9 Å². The maximum Gasteiger partial charge on any atom is 0.255 e. The van der Waals surface area contributed by atoms with Crippen molar-refractivity contribution in [3.63, 3.8) is 0 Å². The molecule has 1 amide bonds. The molecule has 0 aliphatic rings. The lowest BCUT2D eigenvalue weighted by molar-refractivity contribution is 0.102. The van der Waals surface area contributed by atoms with E-state index in [0.717, 1.165) is 12.0 Å². The molecule has 0 spiro atoms. The average Bonchev–Trinajstić information content (AvgIpc) is 2.57. The molecule has 140 valence electrons. The SMILES string of the molecule is Cc1ccc(Cl)cc1NC(=O)c1cccc(S(=O)(=O)NCCC(C)C)c1. The van der Waals surface area contributed by atoms with Crippen molar-refractivity contribution in [1.29, 1.82) is 0 Å². The highest BCUT2D eigenvalue weighted by molar-refractivity contribution is 7.89. The molecule has 0 unspecified atom stereocenters. The lowest BCUT2D eigenvalue weighted by Crippen LogP contribution is -2.26. The van der Waals surface area contributed by atoms with E-state index in [9.17, 15) is 13.2 Å². The summed E-state index contributed by atoms with van der Waals surface area (Å²) in [5.41, 5.74) is 1.71. The van der Waals surface area contributed by atoms with Crippen LogP contribution in [-0.4, -0.2) is 20.9 Å². The van der Waals surface area contributed by atoms with Gasteiger partial charge in [0, 0.05) is 22.8 Å². The Morgan fingerprint density at radius 2 is 1.88 bits per heavy atom. The Bertz CT molecular complexity index is 895. The second-order valence-corrected chi connectivity index (χ2v) is 8.72. The summed E-state index contributed by atoms with van der Waals surface area (Å²) in [5.74, 6) is 0.00495. The van der Waals surface area contributed by atoms with Crippen LogP contribution in [0.15, 0.2) is 47.4 Å². The molecule has 0 fully saturated rings. The maximum atomic E-state index is 12.5. The molecule has 26 heavy (non-hydrogen) atoms.